The fraction of sp³-hybridized carbons (Fsp3) is 0.435. The number of hydrogen-bond acceptors (Lipinski definition) is 1. The number of rotatable bonds is 6. The Kier molecular flexibility index (Phi) is 6.43. The van der Waals surface area contributed by atoms with Crippen LogP contribution in [-0.4, -0.2) is 5.91 Å². The number of nitrogens with zero attached hydrogens (tertiary/aromatic N) is 1. The fourth-order valence-corrected chi connectivity index (χ4v) is 3.88. The summed E-state index contributed by atoms with van der Waals surface area (Å²) in [7, 11) is 0. The third kappa shape index (κ3) is 4.72. The number of halogens is 1. The summed E-state index contributed by atoms with van der Waals surface area (Å²) < 4.78 is 13.8. The van der Waals surface area contributed by atoms with Crippen LogP contribution in [0.15, 0.2) is 48.5 Å². The van der Waals surface area contributed by atoms with Gasteiger partial charge in [0, 0.05) is 12.1 Å². The fourth-order valence-electron chi connectivity index (χ4n) is 3.88. The molecule has 138 valence electrons. The summed E-state index contributed by atoms with van der Waals surface area (Å²) in [6, 6.07) is 14.3. The van der Waals surface area contributed by atoms with Gasteiger partial charge in [0.15, 0.2) is 0 Å². The van der Waals surface area contributed by atoms with Crippen molar-refractivity contribution in [2.45, 2.75) is 58.3 Å². The second kappa shape index (κ2) is 8.98. The zero-order valence-corrected chi connectivity index (χ0v) is 15.6. The molecule has 1 aliphatic rings. The molecule has 2 nitrogen and oxygen atoms in total. The molecule has 0 aliphatic heterocycles. The number of carbonyl (C=O) groups excluding carboxylic acids is 1. The Balaban J connectivity index is 1.83. The molecule has 0 N–H and O–H groups in total. The summed E-state index contributed by atoms with van der Waals surface area (Å²) in [6.07, 6.45) is 8.70. The third-order valence-corrected chi connectivity index (χ3v) is 5.38. The van der Waals surface area contributed by atoms with Gasteiger partial charge in [0.2, 0.25) is 5.91 Å². The van der Waals surface area contributed by atoms with E-state index >= 15 is 0 Å². The first kappa shape index (κ1) is 18.6. The highest BCUT2D eigenvalue weighted by atomic mass is 19.1. The highest BCUT2D eigenvalue weighted by Gasteiger charge is 2.21. The number of anilines is 2. The lowest BCUT2D eigenvalue weighted by molar-refractivity contribution is -0.118. The molecule has 0 heterocycles. The van der Waals surface area contributed by atoms with E-state index < -0.39 is 0 Å². The van der Waals surface area contributed by atoms with Crippen molar-refractivity contribution in [1.82, 2.24) is 0 Å². The van der Waals surface area contributed by atoms with Crippen LogP contribution in [0.5, 0.6) is 0 Å². The van der Waals surface area contributed by atoms with Gasteiger partial charge in [-0.15, -0.1) is 0 Å². The molecule has 3 heteroatoms. The molecule has 1 amide bonds. The van der Waals surface area contributed by atoms with E-state index in [1.54, 1.807) is 17.0 Å². The van der Waals surface area contributed by atoms with E-state index in [2.05, 4.69) is 13.0 Å². The molecule has 3 rings (SSSR count). The lowest BCUT2D eigenvalue weighted by Gasteiger charge is -2.26. The Morgan fingerprint density at radius 1 is 1.04 bits per heavy atom. The predicted molar refractivity (Wildman–Crippen MR) is 105 cm³/mol. The van der Waals surface area contributed by atoms with Gasteiger partial charge in [-0.25, -0.2) is 4.39 Å². The van der Waals surface area contributed by atoms with E-state index in [0.717, 1.165) is 18.5 Å². The van der Waals surface area contributed by atoms with Crippen molar-refractivity contribution in [2.24, 2.45) is 5.92 Å². The van der Waals surface area contributed by atoms with Gasteiger partial charge in [0.1, 0.15) is 5.82 Å². The normalized spacial score (nSPS) is 15.0. The number of benzene rings is 2. The van der Waals surface area contributed by atoms with Crippen LogP contribution in [0, 0.1) is 11.7 Å². The standard InChI is InChI=1S/C23H28FNO/c1-2-18-10-6-12-21(16-18)25(22-13-7-11-20(24)17-22)23(26)15-14-19-8-4-3-5-9-19/h6-7,10-13,16-17,19H,2-5,8-9,14-15H2,1H3. The summed E-state index contributed by atoms with van der Waals surface area (Å²) in [5, 5.41) is 0. The van der Waals surface area contributed by atoms with E-state index in [9.17, 15) is 9.18 Å². The van der Waals surface area contributed by atoms with Gasteiger partial charge in [-0.3, -0.25) is 9.69 Å². The minimum Gasteiger partial charge on any atom is -0.281 e. The zero-order chi connectivity index (χ0) is 18.4. The minimum absolute atomic E-state index is 0.0504. The molecule has 0 atom stereocenters. The summed E-state index contributed by atoms with van der Waals surface area (Å²) in [4.78, 5) is 14.8. The van der Waals surface area contributed by atoms with Gasteiger partial charge in [0.25, 0.3) is 0 Å². The van der Waals surface area contributed by atoms with Crippen LogP contribution in [0.25, 0.3) is 0 Å². The van der Waals surface area contributed by atoms with E-state index in [1.165, 1.54) is 49.8 Å². The Morgan fingerprint density at radius 2 is 1.73 bits per heavy atom. The summed E-state index contributed by atoms with van der Waals surface area (Å²) in [6.45, 7) is 2.09. The molecule has 0 saturated heterocycles. The number of carbonyl (C=O) groups is 1. The van der Waals surface area contributed by atoms with E-state index in [1.807, 2.05) is 18.2 Å². The summed E-state index contributed by atoms with van der Waals surface area (Å²) in [5.41, 5.74) is 2.60. The maximum Gasteiger partial charge on any atom is 0.231 e. The number of hydrogen-bond donors (Lipinski definition) is 0. The second-order valence-corrected chi connectivity index (χ2v) is 7.28. The minimum atomic E-state index is -0.320. The van der Waals surface area contributed by atoms with Crippen molar-refractivity contribution in [2.75, 3.05) is 4.90 Å². The third-order valence-electron chi connectivity index (χ3n) is 5.38. The molecule has 0 aromatic heterocycles. The molecule has 0 unspecified atom stereocenters. The summed E-state index contributed by atoms with van der Waals surface area (Å²) >= 11 is 0. The van der Waals surface area contributed by atoms with Crippen molar-refractivity contribution in [3.8, 4) is 0 Å². The monoisotopic (exact) mass is 353 g/mol. The maximum absolute atomic E-state index is 13.8. The van der Waals surface area contributed by atoms with E-state index in [4.69, 9.17) is 0 Å². The molecule has 0 spiro atoms. The van der Waals surface area contributed by atoms with Crippen molar-refractivity contribution in [3.05, 3.63) is 59.9 Å². The molecule has 2 aromatic carbocycles. The lowest BCUT2D eigenvalue weighted by Crippen LogP contribution is -2.26. The van der Waals surface area contributed by atoms with Gasteiger partial charge in [0.05, 0.1) is 5.69 Å². The first-order chi connectivity index (χ1) is 12.7. The first-order valence-corrected chi connectivity index (χ1v) is 9.85. The van der Waals surface area contributed by atoms with Crippen LogP contribution >= 0.6 is 0 Å². The molecule has 26 heavy (non-hydrogen) atoms. The van der Waals surface area contributed by atoms with Crippen LogP contribution in [-0.2, 0) is 11.2 Å². The molecule has 2 aromatic rings. The van der Waals surface area contributed by atoms with Gasteiger partial charge >= 0.3 is 0 Å². The second-order valence-electron chi connectivity index (χ2n) is 7.28. The van der Waals surface area contributed by atoms with E-state index in [0.29, 0.717) is 18.0 Å². The molecule has 1 fully saturated rings. The van der Waals surface area contributed by atoms with Crippen LogP contribution < -0.4 is 4.90 Å². The summed E-state index contributed by atoms with van der Waals surface area (Å²) in [5.74, 6) is 0.387. The Bertz CT molecular complexity index is 736. The smallest absolute Gasteiger partial charge is 0.231 e. The van der Waals surface area contributed by atoms with Crippen LogP contribution in [0.1, 0.15) is 57.4 Å². The SMILES string of the molecule is CCc1cccc(N(C(=O)CCC2CCCCC2)c2cccc(F)c2)c1. The molecule has 0 radical (unpaired) electrons. The van der Waals surface area contributed by atoms with Gasteiger partial charge in [-0.05, 0) is 54.7 Å². The maximum atomic E-state index is 13.8. The van der Waals surface area contributed by atoms with Gasteiger partial charge < -0.3 is 0 Å². The highest BCUT2D eigenvalue weighted by molar-refractivity contribution is 6.00. The number of aryl methyl sites for hydroxylation is 1. The van der Waals surface area contributed by atoms with Crippen molar-refractivity contribution in [3.63, 3.8) is 0 Å². The van der Waals surface area contributed by atoms with Crippen LogP contribution in [0.2, 0.25) is 0 Å². The Hall–Kier alpha value is -2.16. The van der Waals surface area contributed by atoms with Crippen molar-refractivity contribution in [1.29, 1.82) is 0 Å². The Labute approximate surface area is 156 Å². The van der Waals surface area contributed by atoms with E-state index in [-0.39, 0.29) is 11.7 Å². The Morgan fingerprint density at radius 3 is 2.42 bits per heavy atom. The van der Waals surface area contributed by atoms with Gasteiger partial charge in [-0.2, -0.15) is 0 Å². The molecule has 1 aliphatic carbocycles. The largest absolute Gasteiger partial charge is 0.281 e. The zero-order valence-electron chi connectivity index (χ0n) is 15.6. The average Bonchev–Trinajstić information content (AvgIpc) is 2.68. The average molecular weight is 353 g/mol. The molecular formula is C23H28FNO. The van der Waals surface area contributed by atoms with Crippen molar-refractivity contribution >= 4 is 17.3 Å². The lowest BCUT2D eigenvalue weighted by atomic mass is 9.86. The molecule has 1 saturated carbocycles. The van der Waals surface area contributed by atoms with Crippen LogP contribution in [0.3, 0.4) is 0 Å². The molecule has 0 bridgehead atoms. The van der Waals surface area contributed by atoms with Gasteiger partial charge in [-0.1, -0.05) is 57.2 Å². The first-order valence-electron chi connectivity index (χ1n) is 9.85. The molecular weight excluding hydrogens is 325 g/mol. The van der Waals surface area contributed by atoms with Crippen molar-refractivity contribution < 1.29 is 9.18 Å². The van der Waals surface area contributed by atoms with Crippen LogP contribution in [0.4, 0.5) is 15.8 Å². The predicted octanol–water partition coefficient (Wildman–Crippen LogP) is 6.41. The number of amides is 1. The quantitative estimate of drug-likeness (QED) is 0.587. The highest BCUT2D eigenvalue weighted by Crippen LogP contribution is 2.31. The topological polar surface area (TPSA) is 20.3 Å².